The van der Waals surface area contributed by atoms with E-state index < -0.39 is 12.0 Å². The zero-order valence-electron chi connectivity index (χ0n) is 12.5. The van der Waals surface area contributed by atoms with Gasteiger partial charge in [-0.2, -0.15) is 0 Å². The highest BCUT2D eigenvalue weighted by Crippen LogP contribution is 2.03. The summed E-state index contributed by atoms with van der Waals surface area (Å²) in [6.45, 7) is 4.64. The maximum absolute atomic E-state index is 11.0. The standard InChI is InChI=1S/C16H26N2O2/c1-3-8-15(16(19)20)17-11-7-12-18(2)13-14-9-5-4-6-10-14/h4-6,9-10,15,17H,3,7-8,11-13H2,1-2H3,(H,19,20). The van der Waals surface area contributed by atoms with Crippen LogP contribution in [0, 0.1) is 0 Å². The average molecular weight is 278 g/mol. The second-order valence-electron chi connectivity index (χ2n) is 5.21. The number of hydrogen-bond acceptors (Lipinski definition) is 3. The van der Waals surface area contributed by atoms with Gasteiger partial charge in [-0.1, -0.05) is 43.7 Å². The first kappa shape index (κ1) is 16.7. The smallest absolute Gasteiger partial charge is 0.320 e. The number of carboxylic acids is 1. The summed E-state index contributed by atoms with van der Waals surface area (Å²) in [5, 5.41) is 12.1. The molecule has 0 saturated carbocycles. The highest BCUT2D eigenvalue weighted by atomic mass is 16.4. The van der Waals surface area contributed by atoms with E-state index >= 15 is 0 Å². The van der Waals surface area contributed by atoms with Gasteiger partial charge in [0.2, 0.25) is 0 Å². The molecule has 1 aromatic carbocycles. The molecule has 1 unspecified atom stereocenters. The van der Waals surface area contributed by atoms with Crippen molar-refractivity contribution in [1.29, 1.82) is 0 Å². The van der Waals surface area contributed by atoms with Crippen LogP contribution in [0.2, 0.25) is 0 Å². The summed E-state index contributed by atoms with van der Waals surface area (Å²) in [5.74, 6) is -0.746. The van der Waals surface area contributed by atoms with Gasteiger partial charge in [0, 0.05) is 6.54 Å². The fourth-order valence-corrected chi connectivity index (χ4v) is 2.20. The van der Waals surface area contributed by atoms with Crippen LogP contribution in [0.5, 0.6) is 0 Å². The van der Waals surface area contributed by atoms with E-state index in [4.69, 9.17) is 5.11 Å². The Balaban J connectivity index is 2.18. The second kappa shape index (κ2) is 9.50. The molecule has 0 amide bonds. The molecule has 0 heterocycles. The number of aliphatic carboxylic acids is 1. The molecular weight excluding hydrogens is 252 g/mol. The van der Waals surface area contributed by atoms with E-state index in [0.717, 1.165) is 32.5 Å². The summed E-state index contributed by atoms with van der Waals surface area (Å²) in [6, 6.07) is 9.96. The van der Waals surface area contributed by atoms with E-state index in [2.05, 4.69) is 29.4 Å². The molecule has 0 aliphatic rings. The van der Waals surface area contributed by atoms with E-state index in [0.29, 0.717) is 6.42 Å². The minimum absolute atomic E-state index is 0.403. The molecule has 0 radical (unpaired) electrons. The van der Waals surface area contributed by atoms with E-state index in [1.807, 2.05) is 25.1 Å². The van der Waals surface area contributed by atoms with Gasteiger partial charge in [0.1, 0.15) is 6.04 Å². The Labute approximate surface area is 121 Å². The second-order valence-corrected chi connectivity index (χ2v) is 5.21. The first-order valence-electron chi connectivity index (χ1n) is 7.32. The monoisotopic (exact) mass is 278 g/mol. The topological polar surface area (TPSA) is 52.6 Å². The molecule has 4 heteroatoms. The van der Waals surface area contributed by atoms with Crippen LogP contribution >= 0.6 is 0 Å². The normalized spacial score (nSPS) is 12.6. The molecule has 2 N–H and O–H groups in total. The van der Waals surface area contributed by atoms with Crippen LogP contribution in [0.15, 0.2) is 30.3 Å². The summed E-state index contributed by atoms with van der Waals surface area (Å²) in [4.78, 5) is 13.2. The lowest BCUT2D eigenvalue weighted by atomic mass is 10.1. The Morgan fingerprint density at radius 2 is 2.05 bits per heavy atom. The van der Waals surface area contributed by atoms with Crippen molar-refractivity contribution in [2.45, 2.75) is 38.8 Å². The van der Waals surface area contributed by atoms with Crippen molar-refractivity contribution in [2.24, 2.45) is 0 Å². The number of nitrogens with zero attached hydrogens (tertiary/aromatic N) is 1. The van der Waals surface area contributed by atoms with E-state index in [1.54, 1.807) is 0 Å². The lowest BCUT2D eigenvalue weighted by molar-refractivity contribution is -0.139. The number of benzene rings is 1. The first-order chi connectivity index (χ1) is 9.63. The van der Waals surface area contributed by atoms with Gasteiger partial charge < -0.3 is 15.3 Å². The van der Waals surface area contributed by atoms with Gasteiger partial charge in [0.15, 0.2) is 0 Å². The van der Waals surface area contributed by atoms with Crippen molar-refractivity contribution in [3.8, 4) is 0 Å². The van der Waals surface area contributed by atoms with Gasteiger partial charge in [0.05, 0.1) is 0 Å². The summed E-state index contributed by atoms with van der Waals surface area (Å²) in [6.07, 6.45) is 2.53. The van der Waals surface area contributed by atoms with Crippen LogP contribution in [0.25, 0.3) is 0 Å². The van der Waals surface area contributed by atoms with Gasteiger partial charge in [-0.15, -0.1) is 0 Å². The molecule has 1 atom stereocenters. The fraction of sp³-hybridized carbons (Fsp3) is 0.562. The molecular formula is C16H26N2O2. The fourth-order valence-electron chi connectivity index (χ4n) is 2.20. The largest absolute Gasteiger partial charge is 0.480 e. The average Bonchev–Trinajstić information content (AvgIpc) is 2.43. The maximum Gasteiger partial charge on any atom is 0.320 e. The third-order valence-corrected chi connectivity index (χ3v) is 3.28. The van der Waals surface area contributed by atoms with Crippen LogP contribution < -0.4 is 5.32 Å². The summed E-state index contributed by atoms with van der Waals surface area (Å²) >= 11 is 0. The van der Waals surface area contributed by atoms with E-state index in [9.17, 15) is 4.79 Å². The molecule has 0 aliphatic heterocycles. The van der Waals surface area contributed by atoms with Gasteiger partial charge >= 0.3 is 5.97 Å². The van der Waals surface area contributed by atoms with Crippen molar-refractivity contribution in [1.82, 2.24) is 10.2 Å². The van der Waals surface area contributed by atoms with Crippen LogP contribution in [0.4, 0.5) is 0 Å². The summed E-state index contributed by atoms with van der Waals surface area (Å²) in [7, 11) is 2.09. The first-order valence-corrected chi connectivity index (χ1v) is 7.32. The molecule has 1 rings (SSSR count). The minimum Gasteiger partial charge on any atom is -0.480 e. The van der Waals surface area contributed by atoms with Crippen molar-refractivity contribution in [2.75, 3.05) is 20.1 Å². The Bertz CT molecular complexity index is 381. The maximum atomic E-state index is 11.0. The van der Waals surface area contributed by atoms with Crippen LogP contribution in [0.1, 0.15) is 31.7 Å². The highest BCUT2D eigenvalue weighted by molar-refractivity contribution is 5.73. The van der Waals surface area contributed by atoms with Gasteiger partial charge in [-0.05, 0) is 38.5 Å². The third-order valence-electron chi connectivity index (χ3n) is 3.28. The Morgan fingerprint density at radius 1 is 1.35 bits per heavy atom. The van der Waals surface area contributed by atoms with Crippen molar-refractivity contribution in [3.63, 3.8) is 0 Å². The zero-order valence-corrected chi connectivity index (χ0v) is 12.5. The van der Waals surface area contributed by atoms with Gasteiger partial charge in [-0.25, -0.2) is 0 Å². The molecule has 20 heavy (non-hydrogen) atoms. The molecule has 0 bridgehead atoms. The summed E-state index contributed by atoms with van der Waals surface area (Å²) in [5.41, 5.74) is 1.30. The number of nitrogens with one attached hydrogen (secondary N) is 1. The lowest BCUT2D eigenvalue weighted by Crippen LogP contribution is -2.38. The van der Waals surface area contributed by atoms with Gasteiger partial charge in [0.25, 0.3) is 0 Å². The Kier molecular flexibility index (Phi) is 7.92. The molecule has 112 valence electrons. The predicted octanol–water partition coefficient (Wildman–Crippen LogP) is 2.35. The summed E-state index contributed by atoms with van der Waals surface area (Å²) < 4.78 is 0. The van der Waals surface area contributed by atoms with Gasteiger partial charge in [-0.3, -0.25) is 4.79 Å². The lowest BCUT2D eigenvalue weighted by Gasteiger charge is -2.18. The van der Waals surface area contributed by atoms with Crippen molar-refractivity contribution < 1.29 is 9.90 Å². The molecule has 0 fully saturated rings. The zero-order chi connectivity index (χ0) is 14.8. The number of rotatable bonds is 10. The number of hydrogen-bond donors (Lipinski definition) is 2. The molecule has 0 spiro atoms. The SMILES string of the molecule is CCCC(NCCCN(C)Cc1ccccc1)C(=O)O. The Hall–Kier alpha value is -1.39. The molecule has 4 nitrogen and oxygen atoms in total. The molecule has 0 aliphatic carbocycles. The molecule has 0 aromatic heterocycles. The number of carbonyl (C=O) groups is 1. The van der Waals surface area contributed by atoms with Crippen LogP contribution in [-0.2, 0) is 11.3 Å². The predicted molar refractivity (Wildman–Crippen MR) is 81.7 cm³/mol. The Morgan fingerprint density at radius 3 is 2.65 bits per heavy atom. The van der Waals surface area contributed by atoms with Crippen LogP contribution in [-0.4, -0.2) is 42.2 Å². The van der Waals surface area contributed by atoms with Crippen molar-refractivity contribution >= 4 is 5.97 Å². The quantitative estimate of drug-likeness (QED) is 0.645. The third kappa shape index (κ3) is 6.68. The molecule has 0 saturated heterocycles. The van der Waals surface area contributed by atoms with Crippen LogP contribution in [0.3, 0.4) is 0 Å². The molecule has 1 aromatic rings. The minimum atomic E-state index is -0.746. The van der Waals surface area contributed by atoms with E-state index in [1.165, 1.54) is 5.56 Å². The van der Waals surface area contributed by atoms with Crippen molar-refractivity contribution in [3.05, 3.63) is 35.9 Å². The van der Waals surface area contributed by atoms with E-state index in [-0.39, 0.29) is 0 Å². The highest BCUT2D eigenvalue weighted by Gasteiger charge is 2.14. The number of carboxylic acid groups (broad SMARTS) is 1.